The topological polar surface area (TPSA) is 34.9 Å². The molecule has 0 amide bonds. The highest BCUT2D eigenvalue weighted by atomic mass is 35.5. The molecule has 0 aliphatic heterocycles. The highest BCUT2D eigenvalue weighted by Gasteiger charge is 2.17. The van der Waals surface area contributed by atoms with E-state index >= 15 is 0 Å². The van der Waals surface area contributed by atoms with Crippen LogP contribution in [0.3, 0.4) is 0 Å². The minimum Gasteiger partial charge on any atom is -0.328 e. The lowest BCUT2D eigenvalue weighted by molar-refractivity contribution is 0.102. The van der Waals surface area contributed by atoms with Gasteiger partial charge in [-0.2, -0.15) is 0 Å². The first-order chi connectivity index (χ1) is 8.63. The van der Waals surface area contributed by atoms with Gasteiger partial charge in [-0.3, -0.25) is 4.79 Å². The molecule has 5 heteroatoms. The normalized spacial score (nSPS) is 10.6. The summed E-state index contributed by atoms with van der Waals surface area (Å²) in [4.78, 5) is 16.4. The van der Waals surface area contributed by atoms with Crippen molar-refractivity contribution in [1.82, 2.24) is 9.55 Å². The molecule has 1 aromatic heterocycles. The zero-order valence-corrected chi connectivity index (χ0v) is 11.4. The van der Waals surface area contributed by atoms with Gasteiger partial charge in [-0.1, -0.05) is 30.1 Å². The zero-order valence-electron chi connectivity index (χ0n) is 9.86. The second kappa shape index (κ2) is 5.55. The van der Waals surface area contributed by atoms with Crippen molar-refractivity contribution in [2.45, 2.75) is 19.9 Å². The molecule has 0 saturated carbocycles. The van der Waals surface area contributed by atoms with Crippen molar-refractivity contribution in [1.29, 1.82) is 0 Å². The first-order valence-corrected chi connectivity index (χ1v) is 6.40. The molecule has 0 fully saturated rings. The minimum atomic E-state index is -0.185. The Morgan fingerprint density at radius 3 is 2.83 bits per heavy atom. The van der Waals surface area contributed by atoms with Crippen molar-refractivity contribution in [3.8, 4) is 0 Å². The van der Waals surface area contributed by atoms with E-state index in [0.29, 0.717) is 21.4 Å². The minimum absolute atomic E-state index is 0.185. The van der Waals surface area contributed by atoms with Crippen LogP contribution in [0.4, 0.5) is 0 Å². The van der Waals surface area contributed by atoms with Crippen LogP contribution in [-0.2, 0) is 6.54 Å². The maximum atomic E-state index is 12.3. The van der Waals surface area contributed by atoms with Crippen LogP contribution in [0.25, 0.3) is 0 Å². The molecule has 3 nitrogen and oxygen atoms in total. The summed E-state index contributed by atoms with van der Waals surface area (Å²) in [5, 5.41) is 0.854. The van der Waals surface area contributed by atoms with Gasteiger partial charge >= 0.3 is 0 Å². The lowest BCUT2D eigenvalue weighted by Crippen LogP contribution is -2.11. The highest BCUT2D eigenvalue weighted by Crippen LogP contribution is 2.23. The van der Waals surface area contributed by atoms with E-state index in [-0.39, 0.29) is 5.78 Å². The lowest BCUT2D eigenvalue weighted by Gasteiger charge is -2.06. The Hall–Kier alpha value is -1.32. The number of halogens is 2. The predicted molar refractivity (Wildman–Crippen MR) is 72.4 cm³/mol. The van der Waals surface area contributed by atoms with Gasteiger partial charge in [0.25, 0.3) is 0 Å². The Balaban J connectivity index is 2.38. The summed E-state index contributed by atoms with van der Waals surface area (Å²) in [6, 6.07) is 4.83. The molecule has 0 bridgehead atoms. The van der Waals surface area contributed by atoms with Gasteiger partial charge in [-0.05, 0) is 24.6 Å². The Bertz CT molecular complexity index is 578. The Kier molecular flexibility index (Phi) is 4.04. The summed E-state index contributed by atoms with van der Waals surface area (Å²) in [5.41, 5.74) is 0.421. The average molecular weight is 283 g/mol. The molecule has 18 heavy (non-hydrogen) atoms. The quantitative estimate of drug-likeness (QED) is 0.799. The van der Waals surface area contributed by atoms with E-state index in [4.69, 9.17) is 23.2 Å². The van der Waals surface area contributed by atoms with Gasteiger partial charge in [0.1, 0.15) is 0 Å². The molecule has 94 valence electrons. The number of rotatable bonds is 4. The van der Waals surface area contributed by atoms with Crippen molar-refractivity contribution in [3.05, 3.63) is 52.0 Å². The van der Waals surface area contributed by atoms with E-state index in [0.717, 1.165) is 13.0 Å². The van der Waals surface area contributed by atoms with E-state index in [1.807, 2.05) is 11.5 Å². The van der Waals surface area contributed by atoms with Crippen LogP contribution in [0.15, 0.2) is 30.6 Å². The number of nitrogens with zero attached hydrogens (tertiary/aromatic N) is 2. The molecule has 2 aromatic rings. The smallest absolute Gasteiger partial charge is 0.229 e. The van der Waals surface area contributed by atoms with E-state index in [2.05, 4.69) is 4.98 Å². The number of hydrogen-bond acceptors (Lipinski definition) is 2. The first-order valence-electron chi connectivity index (χ1n) is 5.64. The van der Waals surface area contributed by atoms with Gasteiger partial charge in [0.05, 0.1) is 5.02 Å². The summed E-state index contributed by atoms with van der Waals surface area (Å²) >= 11 is 11.8. The molecule has 0 saturated heterocycles. The van der Waals surface area contributed by atoms with E-state index < -0.39 is 0 Å². The van der Waals surface area contributed by atoms with Crippen LogP contribution in [0.2, 0.25) is 10.0 Å². The molecular formula is C13H12Cl2N2O. The van der Waals surface area contributed by atoms with Crippen LogP contribution in [0.1, 0.15) is 29.5 Å². The number of aryl methyl sites for hydroxylation is 1. The number of ketones is 1. The maximum absolute atomic E-state index is 12.3. The predicted octanol–water partition coefficient (Wildman–Crippen LogP) is 3.83. The van der Waals surface area contributed by atoms with Gasteiger partial charge < -0.3 is 4.57 Å². The fraction of sp³-hybridized carbons (Fsp3) is 0.231. The number of imidazole rings is 1. The van der Waals surface area contributed by atoms with Crippen molar-refractivity contribution in [3.63, 3.8) is 0 Å². The van der Waals surface area contributed by atoms with Crippen molar-refractivity contribution >= 4 is 29.0 Å². The second-order valence-corrected chi connectivity index (χ2v) is 4.74. The molecule has 0 radical (unpaired) electrons. The molecule has 0 aliphatic carbocycles. The molecule has 0 aliphatic rings. The van der Waals surface area contributed by atoms with E-state index in [1.54, 1.807) is 30.6 Å². The number of aromatic nitrogens is 2. The summed E-state index contributed by atoms with van der Waals surface area (Å²) in [5.74, 6) is 0.219. The number of benzene rings is 1. The fourth-order valence-corrected chi connectivity index (χ4v) is 2.23. The van der Waals surface area contributed by atoms with Crippen LogP contribution in [-0.4, -0.2) is 15.3 Å². The fourth-order valence-electron chi connectivity index (χ4n) is 1.73. The zero-order chi connectivity index (χ0) is 13.1. The summed E-state index contributed by atoms with van der Waals surface area (Å²) in [7, 11) is 0. The van der Waals surface area contributed by atoms with E-state index in [1.165, 1.54) is 0 Å². The van der Waals surface area contributed by atoms with Crippen LogP contribution >= 0.6 is 23.2 Å². The SMILES string of the molecule is CCCn1ccnc1C(=O)c1ccc(Cl)cc1Cl. The Labute approximate surface area is 115 Å². The summed E-state index contributed by atoms with van der Waals surface area (Å²) < 4.78 is 1.83. The Morgan fingerprint density at radius 1 is 1.39 bits per heavy atom. The van der Waals surface area contributed by atoms with Gasteiger partial charge in [0, 0.05) is 29.5 Å². The molecule has 0 unspecified atom stereocenters. The van der Waals surface area contributed by atoms with Crippen LogP contribution in [0.5, 0.6) is 0 Å². The standard InChI is InChI=1S/C13H12Cl2N2O/c1-2-6-17-7-5-16-13(17)12(18)10-4-3-9(14)8-11(10)15/h3-5,7-8H,2,6H2,1H3. The van der Waals surface area contributed by atoms with Crippen molar-refractivity contribution < 1.29 is 4.79 Å². The second-order valence-electron chi connectivity index (χ2n) is 3.90. The van der Waals surface area contributed by atoms with Crippen molar-refractivity contribution in [2.24, 2.45) is 0 Å². The van der Waals surface area contributed by atoms with Crippen molar-refractivity contribution in [2.75, 3.05) is 0 Å². The third-order valence-corrected chi connectivity index (χ3v) is 3.11. The summed E-state index contributed by atoms with van der Waals surface area (Å²) in [6.45, 7) is 2.80. The molecular weight excluding hydrogens is 271 g/mol. The average Bonchev–Trinajstić information content (AvgIpc) is 2.77. The lowest BCUT2D eigenvalue weighted by atomic mass is 10.1. The van der Waals surface area contributed by atoms with E-state index in [9.17, 15) is 4.79 Å². The van der Waals surface area contributed by atoms with Crippen LogP contribution < -0.4 is 0 Å². The first kappa shape index (κ1) is 13.1. The third kappa shape index (κ3) is 2.57. The number of hydrogen-bond donors (Lipinski definition) is 0. The highest BCUT2D eigenvalue weighted by molar-refractivity contribution is 6.37. The van der Waals surface area contributed by atoms with Gasteiger partial charge in [-0.25, -0.2) is 4.98 Å². The molecule has 0 atom stereocenters. The molecule has 1 heterocycles. The molecule has 0 N–H and O–H groups in total. The number of carbonyl (C=O) groups excluding carboxylic acids is 1. The molecule has 2 rings (SSSR count). The Morgan fingerprint density at radius 2 is 2.17 bits per heavy atom. The van der Waals surface area contributed by atoms with Gasteiger partial charge in [0.15, 0.2) is 5.82 Å². The maximum Gasteiger partial charge on any atom is 0.229 e. The summed E-state index contributed by atoms with van der Waals surface area (Å²) in [6.07, 6.45) is 4.35. The molecule has 0 spiro atoms. The van der Waals surface area contributed by atoms with Crippen LogP contribution in [0, 0.1) is 0 Å². The van der Waals surface area contributed by atoms with Gasteiger partial charge in [-0.15, -0.1) is 0 Å². The largest absolute Gasteiger partial charge is 0.328 e. The van der Waals surface area contributed by atoms with Gasteiger partial charge in [0.2, 0.25) is 5.78 Å². The third-order valence-electron chi connectivity index (χ3n) is 2.56. The monoisotopic (exact) mass is 282 g/mol. The number of carbonyl (C=O) groups is 1. The molecule has 1 aromatic carbocycles.